The minimum atomic E-state index is -1.34. The van der Waals surface area contributed by atoms with Crippen LogP contribution in [0.1, 0.15) is 33.5 Å². The first-order valence-electron chi connectivity index (χ1n) is 8.96. The molecule has 2 atom stereocenters. The number of ketones is 1. The van der Waals surface area contributed by atoms with E-state index in [1.165, 1.54) is 0 Å². The van der Waals surface area contributed by atoms with Gasteiger partial charge in [0.2, 0.25) is 0 Å². The highest BCUT2D eigenvalue weighted by molar-refractivity contribution is 6.21. The normalized spacial score (nSPS) is 27.7. The van der Waals surface area contributed by atoms with Crippen LogP contribution in [0.2, 0.25) is 0 Å². The summed E-state index contributed by atoms with van der Waals surface area (Å²) in [5, 5.41) is 14.2. The molecule has 0 saturated carbocycles. The van der Waals surface area contributed by atoms with Gasteiger partial charge >= 0.3 is 0 Å². The fraction of sp³-hybridized carbons (Fsp3) is 0.125. The molecule has 0 aliphatic heterocycles. The number of allylic oxidation sites excluding steroid dienone is 3. The van der Waals surface area contributed by atoms with E-state index in [2.05, 4.69) is 0 Å². The van der Waals surface area contributed by atoms with Crippen molar-refractivity contribution in [2.75, 3.05) is 0 Å². The Bertz CT molecular complexity index is 1190. The molecule has 2 heteroatoms. The van der Waals surface area contributed by atoms with Crippen molar-refractivity contribution in [1.29, 1.82) is 0 Å². The summed E-state index contributed by atoms with van der Waals surface area (Å²) >= 11 is 0. The first kappa shape index (κ1) is 14.2. The quantitative estimate of drug-likeness (QED) is 0.651. The summed E-state index contributed by atoms with van der Waals surface area (Å²) in [7, 11) is 0. The minimum Gasteiger partial charge on any atom is -0.379 e. The van der Waals surface area contributed by atoms with Crippen molar-refractivity contribution >= 4 is 22.1 Å². The van der Waals surface area contributed by atoms with Crippen LogP contribution in [-0.4, -0.2) is 10.9 Å². The van der Waals surface area contributed by atoms with Gasteiger partial charge in [-0.2, -0.15) is 0 Å². The van der Waals surface area contributed by atoms with Crippen LogP contribution in [0.25, 0.3) is 16.3 Å². The largest absolute Gasteiger partial charge is 0.379 e. The molecule has 3 aromatic carbocycles. The molecule has 3 aliphatic rings. The molecule has 2 unspecified atom stereocenters. The molecule has 124 valence electrons. The van der Waals surface area contributed by atoms with E-state index in [9.17, 15) is 9.90 Å². The molecule has 0 aromatic heterocycles. The molecule has 1 N–H and O–H groups in total. The van der Waals surface area contributed by atoms with Crippen molar-refractivity contribution < 1.29 is 9.90 Å². The van der Waals surface area contributed by atoms with Crippen molar-refractivity contribution in [3.63, 3.8) is 0 Å². The van der Waals surface area contributed by atoms with Crippen molar-refractivity contribution in [3.8, 4) is 0 Å². The topological polar surface area (TPSA) is 37.3 Å². The lowest BCUT2D eigenvalue weighted by Gasteiger charge is -2.46. The van der Waals surface area contributed by atoms with Crippen LogP contribution in [0.5, 0.6) is 0 Å². The number of hydrogen-bond acceptors (Lipinski definition) is 2. The average Bonchev–Trinajstić information content (AvgIpc) is 2.94. The highest BCUT2D eigenvalue weighted by Crippen LogP contribution is 2.66. The van der Waals surface area contributed by atoms with Gasteiger partial charge in [-0.1, -0.05) is 78.9 Å². The van der Waals surface area contributed by atoms with Crippen LogP contribution < -0.4 is 0 Å². The molecule has 0 fully saturated rings. The Kier molecular flexibility index (Phi) is 2.41. The van der Waals surface area contributed by atoms with E-state index in [0.717, 1.165) is 38.6 Å². The van der Waals surface area contributed by atoms with E-state index < -0.39 is 11.0 Å². The standard InChI is InChI=1S/C24H16O2/c25-22-17-10-5-7-15-8-6-13-20(21(15)17)24(26)19-12-2-1-9-16(19)18-11-3-4-14-23(18,22)24/h1-13,26H,14H2. The van der Waals surface area contributed by atoms with Gasteiger partial charge in [-0.15, -0.1) is 0 Å². The van der Waals surface area contributed by atoms with E-state index >= 15 is 0 Å². The van der Waals surface area contributed by atoms with E-state index in [4.69, 9.17) is 0 Å². The second-order valence-electron chi connectivity index (χ2n) is 7.41. The monoisotopic (exact) mass is 336 g/mol. The third-order valence-corrected chi connectivity index (χ3v) is 6.43. The molecule has 0 heterocycles. The molecule has 3 aliphatic carbocycles. The maximum atomic E-state index is 13.9. The van der Waals surface area contributed by atoms with Crippen LogP contribution in [0.3, 0.4) is 0 Å². The summed E-state index contributed by atoms with van der Waals surface area (Å²) in [4.78, 5) is 13.9. The van der Waals surface area contributed by atoms with Gasteiger partial charge in [0.1, 0.15) is 5.60 Å². The van der Waals surface area contributed by atoms with Crippen LogP contribution in [0, 0.1) is 5.41 Å². The predicted octanol–water partition coefficient (Wildman–Crippen LogP) is 4.62. The highest BCUT2D eigenvalue weighted by atomic mass is 16.3. The summed E-state index contributed by atoms with van der Waals surface area (Å²) in [6.07, 6.45) is 6.52. The second-order valence-corrected chi connectivity index (χ2v) is 7.41. The van der Waals surface area contributed by atoms with E-state index in [-0.39, 0.29) is 5.78 Å². The number of fused-ring (bicyclic) bond motifs is 4. The molecule has 0 radical (unpaired) electrons. The molecule has 6 rings (SSSR count). The van der Waals surface area contributed by atoms with Crippen LogP contribution >= 0.6 is 0 Å². The Morgan fingerprint density at radius 1 is 0.846 bits per heavy atom. The lowest BCUT2D eigenvalue weighted by Crippen LogP contribution is -2.51. The zero-order valence-electron chi connectivity index (χ0n) is 14.1. The van der Waals surface area contributed by atoms with Gasteiger partial charge in [0.05, 0.1) is 5.41 Å². The van der Waals surface area contributed by atoms with Crippen molar-refractivity contribution in [1.82, 2.24) is 0 Å². The molecule has 0 bridgehead atoms. The lowest BCUT2D eigenvalue weighted by atomic mass is 9.56. The first-order chi connectivity index (χ1) is 12.7. The summed E-state index contributed by atoms with van der Waals surface area (Å²) < 4.78 is 0. The van der Waals surface area contributed by atoms with Gasteiger partial charge < -0.3 is 5.11 Å². The molecule has 26 heavy (non-hydrogen) atoms. The Hall–Kier alpha value is -2.97. The molecule has 2 nitrogen and oxygen atoms in total. The van der Waals surface area contributed by atoms with Crippen LogP contribution in [-0.2, 0) is 5.60 Å². The lowest BCUT2D eigenvalue weighted by molar-refractivity contribution is -0.00493. The minimum absolute atomic E-state index is 0.0242. The van der Waals surface area contributed by atoms with Gasteiger partial charge in [0.25, 0.3) is 0 Å². The average molecular weight is 336 g/mol. The number of Topliss-reactive ketones (excluding diaryl/α,β-unsaturated/α-hetero) is 1. The van der Waals surface area contributed by atoms with Gasteiger partial charge in [-0.3, -0.25) is 4.79 Å². The predicted molar refractivity (Wildman–Crippen MR) is 102 cm³/mol. The van der Waals surface area contributed by atoms with Crippen molar-refractivity contribution in [3.05, 3.63) is 101 Å². The summed E-state index contributed by atoms with van der Waals surface area (Å²) in [6.45, 7) is 0. The van der Waals surface area contributed by atoms with E-state index in [0.29, 0.717) is 6.42 Å². The SMILES string of the molecule is O=C1c2cccc3cccc(c23)C2(O)c3ccccc3C3=CC=CCC132. The molecule has 1 spiro atoms. The smallest absolute Gasteiger partial charge is 0.177 e. The Labute approximate surface area is 151 Å². The van der Waals surface area contributed by atoms with Gasteiger partial charge in [0.15, 0.2) is 5.78 Å². The number of carbonyl (C=O) groups is 1. The number of rotatable bonds is 0. The summed E-state index contributed by atoms with van der Waals surface area (Å²) in [5.41, 5.74) is 2.00. The van der Waals surface area contributed by atoms with Crippen molar-refractivity contribution in [2.45, 2.75) is 12.0 Å². The van der Waals surface area contributed by atoms with Crippen LogP contribution in [0.15, 0.2) is 78.9 Å². The second kappa shape index (κ2) is 4.40. The van der Waals surface area contributed by atoms with Gasteiger partial charge in [-0.05, 0) is 39.5 Å². The molecule has 0 amide bonds. The van der Waals surface area contributed by atoms with E-state index in [1.807, 2.05) is 78.9 Å². The van der Waals surface area contributed by atoms with Crippen LogP contribution in [0.4, 0.5) is 0 Å². The highest BCUT2D eigenvalue weighted by Gasteiger charge is 2.66. The Morgan fingerprint density at radius 3 is 2.46 bits per heavy atom. The molecule has 0 saturated heterocycles. The maximum Gasteiger partial charge on any atom is 0.177 e. The number of hydrogen-bond donors (Lipinski definition) is 1. The zero-order valence-corrected chi connectivity index (χ0v) is 14.1. The fourth-order valence-corrected chi connectivity index (χ4v) is 5.40. The van der Waals surface area contributed by atoms with Gasteiger partial charge in [-0.25, -0.2) is 0 Å². The summed E-state index contributed by atoms with van der Waals surface area (Å²) in [5.74, 6) is 0.0242. The Morgan fingerprint density at radius 2 is 1.58 bits per heavy atom. The third kappa shape index (κ3) is 1.29. The molecular formula is C24H16O2. The number of benzene rings is 3. The van der Waals surface area contributed by atoms with Gasteiger partial charge in [0, 0.05) is 5.56 Å². The van der Waals surface area contributed by atoms with Crippen molar-refractivity contribution in [2.24, 2.45) is 5.41 Å². The number of carbonyl (C=O) groups excluding carboxylic acids is 1. The maximum absolute atomic E-state index is 13.9. The number of aliphatic hydroxyl groups is 1. The Balaban J connectivity index is 1.87. The summed E-state index contributed by atoms with van der Waals surface area (Å²) in [6, 6.07) is 19.7. The molecular weight excluding hydrogens is 320 g/mol. The third-order valence-electron chi connectivity index (χ3n) is 6.43. The zero-order chi connectivity index (χ0) is 17.5. The van der Waals surface area contributed by atoms with E-state index in [1.54, 1.807) is 0 Å². The fourth-order valence-electron chi connectivity index (χ4n) is 5.40. The first-order valence-corrected chi connectivity index (χ1v) is 8.96. The molecule has 3 aromatic rings.